The number of benzene rings is 1. The molecule has 1 aliphatic rings. The SMILES string of the molecule is Cc1ccc(NC(=O)c2ccc(NC3CCS(=O)(=O)C3)cn2)cc1Cl. The first-order chi connectivity index (χ1) is 11.8. The Morgan fingerprint density at radius 3 is 2.60 bits per heavy atom. The van der Waals surface area contributed by atoms with Crippen molar-refractivity contribution in [1.29, 1.82) is 0 Å². The number of hydrogen-bond acceptors (Lipinski definition) is 5. The standard InChI is InChI=1S/C17H18ClN3O3S/c1-11-2-3-12(8-15(11)18)21-17(22)16-5-4-13(9-19-16)20-14-6-7-25(23,24)10-14/h2-5,8-9,14,20H,6-7,10H2,1H3,(H,21,22). The zero-order chi connectivity index (χ0) is 18.0. The van der Waals surface area contributed by atoms with Gasteiger partial charge in [-0.05, 0) is 43.2 Å². The second kappa shape index (κ2) is 7.01. The largest absolute Gasteiger partial charge is 0.380 e. The molecule has 132 valence electrons. The van der Waals surface area contributed by atoms with Crippen molar-refractivity contribution in [3.8, 4) is 0 Å². The van der Waals surface area contributed by atoms with Gasteiger partial charge >= 0.3 is 0 Å². The van der Waals surface area contributed by atoms with E-state index in [1.807, 2.05) is 13.0 Å². The first-order valence-corrected chi connectivity index (χ1v) is 10.0. The molecule has 0 aliphatic carbocycles. The van der Waals surface area contributed by atoms with Crippen LogP contribution in [0.3, 0.4) is 0 Å². The van der Waals surface area contributed by atoms with E-state index in [1.54, 1.807) is 24.3 Å². The van der Waals surface area contributed by atoms with Crippen LogP contribution in [0.5, 0.6) is 0 Å². The van der Waals surface area contributed by atoms with Gasteiger partial charge in [-0.25, -0.2) is 13.4 Å². The van der Waals surface area contributed by atoms with Crippen LogP contribution in [0.15, 0.2) is 36.5 Å². The number of sulfone groups is 1. The summed E-state index contributed by atoms with van der Waals surface area (Å²) in [6.45, 7) is 1.89. The summed E-state index contributed by atoms with van der Waals surface area (Å²) < 4.78 is 23.0. The average Bonchev–Trinajstić information content (AvgIpc) is 2.90. The molecule has 1 saturated heterocycles. The van der Waals surface area contributed by atoms with E-state index in [2.05, 4.69) is 15.6 Å². The van der Waals surface area contributed by atoms with Gasteiger partial charge in [0, 0.05) is 16.8 Å². The minimum Gasteiger partial charge on any atom is -0.380 e. The van der Waals surface area contributed by atoms with Crippen LogP contribution in [0.2, 0.25) is 5.02 Å². The maximum atomic E-state index is 12.2. The molecule has 1 atom stereocenters. The van der Waals surface area contributed by atoms with E-state index < -0.39 is 9.84 Å². The third kappa shape index (κ3) is 4.49. The van der Waals surface area contributed by atoms with Crippen molar-refractivity contribution in [2.45, 2.75) is 19.4 Å². The van der Waals surface area contributed by atoms with Crippen molar-refractivity contribution in [1.82, 2.24) is 4.98 Å². The predicted octanol–water partition coefficient (Wildman–Crippen LogP) is 2.89. The van der Waals surface area contributed by atoms with Crippen LogP contribution >= 0.6 is 11.6 Å². The molecule has 1 fully saturated rings. The number of aryl methyl sites for hydroxylation is 1. The first-order valence-electron chi connectivity index (χ1n) is 7.83. The fourth-order valence-corrected chi connectivity index (χ4v) is 4.48. The van der Waals surface area contributed by atoms with Gasteiger partial charge in [0.05, 0.1) is 23.4 Å². The molecule has 8 heteroatoms. The molecule has 3 rings (SSSR count). The van der Waals surface area contributed by atoms with Crippen LogP contribution in [0.1, 0.15) is 22.5 Å². The quantitative estimate of drug-likeness (QED) is 0.852. The Morgan fingerprint density at radius 1 is 1.24 bits per heavy atom. The minimum absolute atomic E-state index is 0.110. The van der Waals surface area contributed by atoms with Crippen LogP contribution in [-0.4, -0.2) is 36.9 Å². The van der Waals surface area contributed by atoms with Crippen molar-refractivity contribution in [3.05, 3.63) is 52.8 Å². The summed E-state index contributed by atoms with van der Waals surface area (Å²) in [6.07, 6.45) is 2.11. The lowest BCUT2D eigenvalue weighted by Crippen LogP contribution is -2.21. The Hall–Kier alpha value is -2.12. The normalized spacial score (nSPS) is 18.7. The van der Waals surface area contributed by atoms with E-state index >= 15 is 0 Å². The van der Waals surface area contributed by atoms with Crippen molar-refractivity contribution in [2.24, 2.45) is 0 Å². The van der Waals surface area contributed by atoms with Gasteiger partial charge in [-0.1, -0.05) is 17.7 Å². The Morgan fingerprint density at radius 2 is 2.00 bits per heavy atom. The molecule has 1 unspecified atom stereocenters. The fourth-order valence-electron chi connectivity index (χ4n) is 2.62. The van der Waals surface area contributed by atoms with Crippen molar-refractivity contribution in [2.75, 3.05) is 22.1 Å². The maximum absolute atomic E-state index is 12.2. The van der Waals surface area contributed by atoms with E-state index in [9.17, 15) is 13.2 Å². The molecular weight excluding hydrogens is 362 g/mol. The van der Waals surface area contributed by atoms with Gasteiger partial charge in [0.25, 0.3) is 5.91 Å². The second-order valence-corrected chi connectivity index (χ2v) is 8.73. The summed E-state index contributed by atoms with van der Waals surface area (Å²) in [5.41, 5.74) is 2.49. The zero-order valence-corrected chi connectivity index (χ0v) is 15.2. The highest BCUT2D eigenvalue weighted by molar-refractivity contribution is 7.91. The maximum Gasteiger partial charge on any atom is 0.274 e. The molecule has 25 heavy (non-hydrogen) atoms. The Kier molecular flexibility index (Phi) is 4.96. The number of carbonyl (C=O) groups excluding carboxylic acids is 1. The molecule has 1 aromatic carbocycles. The molecule has 0 bridgehead atoms. The number of halogens is 1. The Balaban J connectivity index is 1.63. The lowest BCUT2D eigenvalue weighted by molar-refractivity contribution is 0.102. The summed E-state index contributed by atoms with van der Waals surface area (Å²) in [4.78, 5) is 16.4. The number of nitrogens with zero attached hydrogens (tertiary/aromatic N) is 1. The van der Waals surface area contributed by atoms with Crippen LogP contribution in [0, 0.1) is 6.92 Å². The van der Waals surface area contributed by atoms with E-state index in [4.69, 9.17) is 11.6 Å². The van der Waals surface area contributed by atoms with Crippen LogP contribution in [-0.2, 0) is 9.84 Å². The summed E-state index contributed by atoms with van der Waals surface area (Å²) in [5, 5.41) is 6.46. The van der Waals surface area contributed by atoms with Gasteiger partial charge in [0.1, 0.15) is 5.69 Å². The number of rotatable bonds is 4. The molecule has 2 heterocycles. The molecule has 1 amide bonds. The predicted molar refractivity (Wildman–Crippen MR) is 99.1 cm³/mol. The highest BCUT2D eigenvalue weighted by Gasteiger charge is 2.27. The molecule has 0 spiro atoms. The Bertz CT molecular complexity index is 898. The molecule has 2 aromatic rings. The number of anilines is 2. The first kappa shape index (κ1) is 17.7. The monoisotopic (exact) mass is 379 g/mol. The minimum atomic E-state index is -2.94. The van der Waals surface area contributed by atoms with E-state index in [0.29, 0.717) is 22.8 Å². The van der Waals surface area contributed by atoms with Gasteiger partial charge in [0.2, 0.25) is 0 Å². The molecule has 1 aliphatic heterocycles. The van der Waals surface area contributed by atoms with E-state index in [-0.39, 0.29) is 29.1 Å². The highest BCUT2D eigenvalue weighted by atomic mass is 35.5. The fraction of sp³-hybridized carbons (Fsp3) is 0.294. The van der Waals surface area contributed by atoms with Crippen molar-refractivity contribution < 1.29 is 13.2 Å². The summed E-state index contributed by atoms with van der Waals surface area (Å²) >= 11 is 6.05. The van der Waals surface area contributed by atoms with E-state index in [0.717, 1.165) is 5.56 Å². The number of amides is 1. The number of aromatic nitrogens is 1. The van der Waals surface area contributed by atoms with Gasteiger partial charge < -0.3 is 10.6 Å². The molecule has 1 aromatic heterocycles. The van der Waals surface area contributed by atoms with Crippen LogP contribution in [0.25, 0.3) is 0 Å². The third-order valence-corrected chi connectivity index (χ3v) is 6.20. The molecular formula is C17H18ClN3O3S. The molecule has 6 nitrogen and oxygen atoms in total. The van der Waals surface area contributed by atoms with Gasteiger partial charge in [-0.15, -0.1) is 0 Å². The van der Waals surface area contributed by atoms with Crippen LogP contribution < -0.4 is 10.6 Å². The second-order valence-electron chi connectivity index (χ2n) is 6.09. The molecule has 0 saturated carbocycles. The number of hydrogen-bond donors (Lipinski definition) is 2. The topological polar surface area (TPSA) is 88.2 Å². The summed E-state index contributed by atoms with van der Waals surface area (Å²) in [7, 11) is -2.94. The average molecular weight is 380 g/mol. The lowest BCUT2D eigenvalue weighted by atomic mass is 10.2. The van der Waals surface area contributed by atoms with Gasteiger partial charge in [-0.2, -0.15) is 0 Å². The number of nitrogens with one attached hydrogen (secondary N) is 2. The third-order valence-electron chi connectivity index (χ3n) is 4.03. The molecule has 2 N–H and O–H groups in total. The van der Waals surface area contributed by atoms with Crippen LogP contribution in [0.4, 0.5) is 11.4 Å². The number of pyridine rings is 1. The van der Waals surface area contributed by atoms with Gasteiger partial charge in [-0.3, -0.25) is 4.79 Å². The van der Waals surface area contributed by atoms with Crippen molar-refractivity contribution in [3.63, 3.8) is 0 Å². The smallest absolute Gasteiger partial charge is 0.274 e. The van der Waals surface area contributed by atoms with Crippen molar-refractivity contribution >= 4 is 38.7 Å². The summed E-state index contributed by atoms with van der Waals surface area (Å²) in [6, 6.07) is 8.49. The lowest BCUT2D eigenvalue weighted by Gasteiger charge is -2.12. The van der Waals surface area contributed by atoms with E-state index in [1.165, 1.54) is 6.20 Å². The summed E-state index contributed by atoms with van der Waals surface area (Å²) in [5.74, 6) is -0.00360. The Labute approximate surface area is 151 Å². The zero-order valence-electron chi connectivity index (χ0n) is 13.6. The van der Waals surface area contributed by atoms with Gasteiger partial charge in [0.15, 0.2) is 9.84 Å². The highest BCUT2D eigenvalue weighted by Crippen LogP contribution is 2.21. The molecule has 0 radical (unpaired) electrons. The number of carbonyl (C=O) groups is 1.